The lowest BCUT2D eigenvalue weighted by atomic mass is 10.1. The van der Waals surface area contributed by atoms with Crippen molar-refractivity contribution in [3.8, 4) is 11.4 Å². The van der Waals surface area contributed by atoms with E-state index in [2.05, 4.69) is 10.4 Å². The van der Waals surface area contributed by atoms with E-state index in [1.54, 1.807) is 6.92 Å². The Morgan fingerprint density at radius 3 is 2.54 bits per heavy atom. The molecular formula is C24H27ClF2N4O4. The van der Waals surface area contributed by atoms with Gasteiger partial charge in [0.25, 0.3) is 5.91 Å². The van der Waals surface area contributed by atoms with Crippen LogP contribution in [0.4, 0.5) is 14.5 Å². The Morgan fingerprint density at radius 2 is 1.97 bits per heavy atom. The van der Waals surface area contributed by atoms with Gasteiger partial charge in [0.15, 0.2) is 5.82 Å². The van der Waals surface area contributed by atoms with Gasteiger partial charge in [0.2, 0.25) is 0 Å². The van der Waals surface area contributed by atoms with E-state index < -0.39 is 28.8 Å². The fraction of sp³-hybridized carbons (Fsp3) is 0.375. The van der Waals surface area contributed by atoms with Gasteiger partial charge in [-0.1, -0.05) is 31.0 Å². The molecular weight excluding hydrogens is 482 g/mol. The number of carbonyl (C=O) groups excluding carboxylic acids is 1. The maximum absolute atomic E-state index is 15.3. The Balaban J connectivity index is 2.14. The van der Waals surface area contributed by atoms with Crippen molar-refractivity contribution in [2.45, 2.75) is 52.2 Å². The summed E-state index contributed by atoms with van der Waals surface area (Å²) in [6.45, 7) is 6.62. The largest absolute Gasteiger partial charge is 0.490 e. The summed E-state index contributed by atoms with van der Waals surface area (Å²) in [7, 11) is 1.40. The Bertz CT molecular complexity index is 1290. The van der Waals surface area contributed by atoms with E-state index in [0.717, 1.165) is 27.8 Å². The molecule has 2 aromatic carbocycles. The van der Waals surface area contributed by atoms with Crippen LogP contribution in [0.2, 0.25) is 5.02 Å². The van der Waals surface area contributed by atoms with Crippen LogP contribution in [-0.4, -0.2) is 31.5 Å². The third-order valence-corrected chi connectivity index (χ3v) is 5.59. The minimum absolute atomic E-state index is 0.0136. The quantitative estimate of drug-likeness (QED) is 0.465. The van der Waals surface area contributed by atoms with Gasteiger partial charge in [0, 0.05) is 13.1 Å². The lowest BCUT2D eigenvalue weighted by Crippen LogP contribution is -2.26. The van der Waals surface area contributed by atoms with Crippen molar-refractivity contribution >= 4 is 23.2 Å². The van der Waals surface area contributed by atoms with Crippen LogP contribution in [0.3, 0.4) is 0 Å². The van der Waals surface area contributed by atoms with Crippen LogP contribution < -0.4 is 15.7 Å². The summed E-state index contributed by atoms with van der Waals surface area (Å²) < 4.78 is 37.3. The Labute approximate surface area is 206 Å². The molecule has 35 heavy (non-hydrogen) atoms. The summed E-state index contributed by atoms with van der Waals surface area (Å²) >= 11 is 6.01. The zero-order chi connectivity index (χ0) is 26.1. The second-order valence-corrected chi connectivity index (χ2v) is 9.11. The van der Waals surface area contributed by atoms with Crippen LogP contribution in [0.15, 0.2) is 35.1 Å². The average Bonchev–Trinajstić information content (AvgIpc) is 3.06. The van der Waals surface area contributed by atoms with Crippen molar-refractivity contribution in [1.29, 1.82) is 0 Å². The number of anilines is 1. The van der Waals surface area contributed by atoms with Crippen molar-refractivity contribution in [3.63, 3.8) is 0 Å². The maximum atomic E-state index is 15.3. The van der Waals surface area contributed by atoms with Gasteiger partial charge in [-0.2, -0.15) is 4.68 Å². The van der Waals surface area contributed by atoms with E-state index in [1.807, 2.05) is 6.92 Å². The number of ether oxygens (including phenoxy) is 1. The lowest BCUT2D eigenvalue weighted by molar-refractivity contribution is 0.0649. The number of aliphatic hydroxyl groups is 1. The molecule has 11 heteroatoms. The highest BCUT2D eigenvalue weighted by atomic mass is 35.5. The lowest BCUT2D eigenvalue weighted by Gasteiger charge is -2.18. The minimum atomic E-state index is -1.47. The SMILES string of the molecule is CCC[C@H](C)Oc1cc(-n2nc(C(C)(C)O)n(C)c2=O)c(F)cc1C(=O)Nc1c(F)cccc1Cl. The third-order valence-electron chi connectivity index (χ3n) is 5.27. The molecule has 3 aromatic rings. The highest BCUT2D eigenvalue weighted by Gasteiger charge is 2.28. The molecule has 0 aliphatic heterocycles. The van der Waals surface area contributed by atoms with Crippen LogP contribution in [0.5, 0.6) is 5.75 Å². The van der Waals surface area contributed by atoms with Gasteiger partial charge in [-0.15, -0.1) is 5.10 Å². The smallest absolute Gasteiger partial charge is 0.350 e. The number of nitrogens with zero attached hydrogens (tertiary/aromatic N) is 3. The highest BCUT2D eigenvalue weighted by molar-refractivity contribution is 6.34. The van der Waals surface area contributed by atoms with Gasteiger partial charge in [-0.3, -0.25) is 9.36 Å². The second-order valence-electron chi connectivity index (χ2n) is 8.70. The zero-order valence-electron chi connectivity index (χ0n) is 20.0. The second kappa shape index (κ2) is 10.2. The Morgan fingerprint density at radius 1 is 1.29 bits per heavy atom. The van der Waals surface area contributed by atoms with Crippen LogP contribution in [0, 0.1) is 11.6 Å². The van der Waals surface area contributed by atoms with E-state index in [4.69, 9.17) is 16.3 Å². The standard InChI is InChI=1S/C24H27ClF2N4O4/c1-6-8-13(2)35-19-12-18(31-23(33)30(5)22(29-31)24(3,4)34)17(27)11-14(19)21(32)28-20-15(25)9-7-10-16(20)26/h7,9-13,34H,6,8H2,1-5H3,(H,28,32)/t13-/m0/s1. The number of halogens is 3. The molecule has 0 saturated carbocycles. The number of para-hydroxylation sites is 1. The average molecular weight is 509 g/mol. The van der Waals surface area contributed by atoms with Gasteiger partial charge >= 0.3 is 5.69 Å². The van der Waals surface area contributed by atoms with Gasteiger partial charge in [-0.25, -0.2) is 13.6 Å². The summed E-state index contributed by atoms with van der Waals surface area (Å²) in [5.41, 5.74) is -2.93. The molecule has 0 aliphatic rings. The molecule has 0 fully saturated rings. The van der Waals surface area contributed by atoms with Crippen LogP contribution in [-0.2, 0) is 12.6 Å². The summed E-state index contributed by atoms with van der Waals surface area (Å²) in [6, 6.07) is 5.98. The summed E-state index contributed by atoms with van der Waals surface area (Å²) in [6.07, 6.45) is 1.07. The van der Waals surface area contributed by atoms with E-state index in [1.165, 1.54) is 39.1 Å². The first-order valence-electron chi connectivity index (χ1n) is 11.0. The monoisotopic (exact) mass is 508 g/mol. The molecule has 1 atom stereocenters. The number of carbonyl (C=O) groups is 1. The van der Waals surface area contributed by atoms with Crippen molar-refractivity contribution < 1.29 is 23.4 Å². The van der Waals surface area contributed by atoms with Crippen molar-refractivity contribution in [2.24, 2.45) is 7.05 Å². The topological polar surface area (TPSA) is 98.4 Å². The van der Waals surface area contributed by atoms with Crippen molar-refractivity contribution in [1.82, 2.24) is 14.3 Å². The summed E-state index contributed by atoms with van der Waals surface area (Å²) in [5, 5.41) is 16.7. The fourth-order valence-corrected chi connectivity index (χ4v) is 3.80. The number of nitrogens with one attached hydrogen (secondary N) is 1. The number of benzene rings is 2. The van der Waals surface area contributed by atoms with Gasteiger partial charge < -0.3 is 15.2 Å². The summed E-state index contributed by atoms with van der Waals surface area (Å²) in [4.78, 5) is 25.8. The Kier molecular flexibility index (Phi) is 7.66. The summed E-state index contributed by atoms with van der Waals surface area (Å²) in [5.74, 6) is -2.59. The van der Waals surface area contributed by atoms with Gasteiger partial charge in [0.1, 0.15) is 28.7 Å². The van der Waals surface area contributed by atoms with E-state index in [9.17, 15) is 19.1 Å². The van der Waals surface area contributed by atoms with Gasteiger partial charge in [0.05, 0.1) is 22.4 Å². The number of rotatable bonds is 8. The van der Waals surface area contributed by atoms with Crippen LogP contribution in [0.25, 0.3) is 5.69 Å². The molecule has 1 aromatic heterocycles. The number of hydrogen-bond acceptors (Lipinski definition) is 5. The van der Waals surface area contributed by atoms with Crippen LogP contribution >= 0.6 is 11.6 Å². The van der Waals surface area contributed by atoms with Crippen molar-refractivity contribution in [2.75, 3.05) is 5.32 Å². The minimum Gasteiger partial charge on any atom is -0.490 e. The van der Waals surface area contributed by atoms with E-state index in [0.29, 0.717) is 6.42 Å². The molecule has 1 amide bonds. The maximum Gasteiger partial charge on any atom is 0.350 e. The molecule has 0 radical (unpaired) electrons. The molecule has 0 aliphatic carbocycles. The number of hydrogen-bond donors (Lipinski definition) is 2. The normalized spacial score (nSPS) is 12.5. The predicted molar refractivity (Wildman–Crippen MR) is 128 cm³/mol. The first-order chi connectivity index (χ1) is 16.3. The highest BCUT2D eigenvalue weighted by Crippen LogP contribution is 2.30. The zero-order valence-corrected chi connectivity index (χ0v) is 20.8. The third kappa shape index (κ3) is 5.54. The first kappa shape index (κ1) is 26.4. The molecule has 0 unspecified atom stereocenters. The molecule has 1 heterocycles. The van der Waals surface area contributed by atoms with Crippen LogP contribution in [0.1, 0.15) is 56.7 Å². The molecule has 0 saturated heterocycles. The molecule has 8 nitrogen and oxygen atoms in total. The molecule has 2 N–H and O–H groups in total. The fourth-order valence-electron chi connectivity index (χ4n) is 3.59. The molecule has 0 bridgehead atoms. The van der Waals surface area contributed by atoms with E-state index in [-0.39, 0.29) is 39.6 Å². The van der Waals surface area contributed by atoms with Crippen molar-refractivity contribution in [3.05, 3.63) is 68.9 Å². The first-order valence-corrected chi connectivity index (χ1v) is 11.4. The predicted octanol–water partition coefficient (Wildman–Crippen LogP) is 4.55. The Hall–Kier alpha value is -3.24. The molecule has 3 rings (SSSR count). The van der Waals surface area contributed by atoms with E-state index >= 15 is 4.39 Å². The number of aromatic nitrogens is 3. The molecule has 188 valence electrons. The number of amides is 1. The van der Waals surface area contributed by atoms with Gasteiger partial charge in [-0.05, 0) is 45.4 Å². The molecule has 0 spiro atoms.